The number of rotatable bonds is 4. The minimum absolute atomic E-state index is 0.109. The maximum atomic E-state index is 5.95. The molecule has 1 fully saturated rings. The second kappa shape index (κ2) is 6.58. The lowest BCUT2D eigenvalue weighted by Gasteiger charge is -2.38. The molecule has 1 unspecified atom stereocenters. The van der Waals surface area contributed by atoms with E-state index in [-0.39, 0.29) is 24.8 Å². The summed E-state index contributed by atoms with van der Waals surface area (Å²) in [6.07, 6.45) is 2.97. The van der Waals surface area contributed by atoms with Gasteiger partial charge in [0.05, 0.1) is 13.7 Å². The molecule has 5 nitrogen and oxygen atoms in total. The maximum Gasteiger partial charge on any atom is 0.184 e. The lowest BCUT2D eigenvalue weighted by atomic mass is 10.1. The van der Waals surface area contributed by atoms with Gasteiger partial charge in [-0.25, -0.2) is 0 Å². The summed E-state index contributed by atoms with van der Waals surface area (Å²) in [6, 6.07) is 7.68. The van der Waals surface area contributed by atoms with E-state index < -0.39 is 0 Å². The van der Waals surface area contributed by atoms with Gasteiger partial charge in [-0.15, -0.1) is 0 Å². The van der Waals surface area contributed by atoms with Crippen LogP contribution in [0.25, 0.3) is 0 Å². The van der Waals surface area contributed by atoms with E-state index in [1.165, 1.54) is 0 Å². The number of hydrogen-bond acceptors (Lipinski definition) is 5. The molecule has 0 bridgehead atoms. The summed E-state index contributed by atoms with van der Waals surface area (Å²) in [6.45, 7) is 3.04. The van der Waals surface area contributed by atoms with Crippen molar-refractivity contribution in [3.05, 3.63) is 42.0 Å². The second-order valence-corrected chi connectivity index (χ2v) is 4.92. The van der Waals surface area contributed by atoms with E-state index in [1.807, 2.05) is 43.3 Å². The highest BCUT2D eigenvalue weighted by atomic mass is 16.7. The van der Waals surface area contributed by atoms with Crippen LogP contribution in [0.4, 0.5) is 0 Å². The average Bonchev–Trinajstić information content (AvgIpc) is 2.55. The predicted octanol–water partition coefficient (Wildman–Crippen LogP) is 2.43. The van der Waals surface area contributed by atoms with E-state index in [1.54, 1.807) is 7.11 Å². The van der Waals surface area contributed by atoms with Gasteiger partial charge in [-0.3, -0.25) is 0 Å². The van der Waals surface area contributed by atoms with E-state index in [9.17, 15) is 0 Å². The largest absolute Gasteiger partial charge is 0.497 e. The van der Waals surface area contributed by atoms with E-state index >= 15 is 0 Å². The van der Waals surface area contributed by atoms with Crippen molar-refractivity contribution in [3.63, 3.8) is 0 Å². The Balaban J connectivity index is 1.65. The summed E-state index contributed by atoms with van der Waals surface area (Å²) >= 11 is 0. The maximum absolute atomic E-state index is 5.95. The standard InChI is InChI=1S/C16H20O5/c1-3-18-15-9-8-13-14(20-15)10-19-16(21-13)11-4-6-12(17-2)7-5-11/h4-9,13-16H,3,10H2,1-2H3/t13-,14+,15+,16?/m0/s1. The van der Waals surface area contributed by atoms with Crippen molar-refractivity contribution in [2.75, 3.05) is 20.3 Å². The Bertz CT molecular complexity index is 484. The highest BCUT2D eigenvalue weighted by Gasteiger charge is 2.35. The number of methoxy groups -OCH3 is 1. The molecule has 0 saturated carbocycles. The molecule has 0 N–H and O–H groups in total. The highest BCUT2D eigenvalue weighted by Crippen LogP contribution is 2.31. The molecule has 21 heavy (non-hydrogen) atoms. The molecule has 1 aromatic carbocycles. The van der Waals surface area contributed by atoms with Gasteiger partial charge in [0.15, 0.2) is 12.6 Å². The van der Waals surface area contributed by atoms with Gasteiger partial charge in [-0.05, 0) is 25.1 Å². The van der Waals surface area contributed by atoms with Gasteiger partial charge in [0.2, 0.25) is 0 Å². The van der Waals surface area contributed by atoms with E-state index in [0.29, 0.717) is 13.2 Å². The molecule has 1 saturated heterocycles. The normalized spacial score (nSPS) is 31.7. The van der Waals surface area contributed by atoms with Gasteiger partial charge in [0.1, 0.15) is 18.0 Å². The summed E-state index contributed by atoms with van der Waals surface area (Å²) < 4.78 is 28.1. The van der Waals surface area contributed by atoms with Crippen LogP contribution in [0, 0.1) is 0 Å². The number of hydrogen-bond donors (Lipinski definition) is 0. The van der Waals surface area contributed by atoms with Crippen LogP contribution < -0.4 is 4.74 Å². The molecular weight excluding hydrogens is 272 g/mol. The highest BCUT2D eigenvalue weighted by molar-refractivity contribution is 5.28. The van der Waals surface area contributed by atoms with Gasteiger partial charge in [0.25, 0.3) is 0 Å². The Hall–Kier alpha value is -1.40. The first-order valence-corrected chi connectivity index (χ1v) is 7.16. The van der Waals surface area contributed by atoms with Crippen molar-refractivity contribution < 1.29 is 23.7 Å². The van der Waals surface area contributed by atoms with Crippen LogP contribution in [0.2, 0.25) is 0 Å². The number of benzene rings is 1. The molecule has 0 aromatic heterocycles. The topological polar surface area (TPSA) is 46.2 Å². The van der Waals surface area contributed by atoms with Crippen LogP contribution >= 0.6 is 0 Å². The summed E-state index contributed by atoms with van der Waals surface area (Å²) in [5.74, 6) is 0.813. The lowest BCUT2D eigenvalue weighted by Crippen LogP contribution is -2.45. The summed E-state index contributed by atoms with van der Waals surface area (Å²) in [5, 5.41) is 0. The molecule has 1 aromatic rings. The average molecular weight is 292 g/mol. The molecule has 2 aliphatic heterocycles. The van der Waals surface area contributed by atoms with Crippen LogP contribution in [0.1, 0.15) is 18.8 Å². The quantitative estimate of drug-likeness (QED) is 0.798. The first-order valence-electron chi connectivity index (χ1n) is 7.16. The van der Waals surface area contributed by atoms with Gasteiger partial charge in [-0.2, -0.15) is 0 Å². The molecule has 2 aliphatic rings. The Kier molecular flexibility index (Phi) is 4.55. The molecule has 2 heterocycles. The van der Waals surface area contributed by atoms with Crippen molar-refractivity contribution in [1.82, 2.24) is 0 Å². The summed E-state index contributed by atoms with van der Waals surface area (Å²) in [7, 11) is 1.65. The smallest absolute Gasteiger partial charge is 0.184 e. The SMILES string of the molecule is CCO[C@H]1C=C[C@@H]2OC(c3ccc(OC)cc3)OC[C@H]2O1. The van der Waals surface area contributed by atoms with Gasteiger partial charge < -0.3 is 23.7 Å². The van der Waals surface area contributed by atoms with Crippen molar-refractivity contribution in [2.45, 2.75) is 31.7 Å². The summed E-state index contributed by atoms with van der Waals surface area (Å²) in [4.78, 5) is 0. The Morgan fingerprint density at radius 1 is 1.14 bits per heavy atom. The number of ether oxygens (including phenoxy) is 5. The van der Waals surface area contributed by atoms with E-state index in [0.717, 1.165) is 11.3 Å². The fraction of sp³-hybridized carbons (Fsp3) is 0.500. The van der Waals surface area contributed by atoms with E-state index in [4.69, 9.17) is 23.7 Å². The van der Waals surface area contributed by atoms with Crippen molar-refractivity contribution in [3.8, 4) is 5.75 Å². The van der Waals surface area contributed by atoms with E-state index in [2.05, 4.69) is 0 Å². The Morgan fingerprint density at radius 3 is 2.67 bits per heavy atom. The third-order valence-electron chi connectivity index (χ3n) is 3.54. The third kappa shape index (κ3) is 3.27. The second-order valence-electron chi connectivity index (χ2n) is 4.92. The van der Waals surface area contributed by atoms with Crippen molar-refractivity contribution >= 4 is 0 Å². The zero-order valence-corrected chi connectivity index (χ0v) is 12.2. The van der Waals surface area contributed by atoms with Crippen LogP contribution in [0.15, 0.2) is 36.4 Å². The van der Waals surface area contributed by atoms with Crippen LogP contribution in [0.3, 0.4) is 0 Å². The first-order chi connectivity index (χ1) is 10.3. The molecule has 0 aliphatic carbocycles. The van der Waals surface area contributed by atoms with Crippen LogP contribution in [0.5, 0.6) is 5.75 Å². The van der Waals surface area contributed by atoms with Crippen molar-refractivity contribution in [2.24, 2.45) is 0 Å². The molecule has 4 atom stereocenters. The molecular formula is C16H20O5. The molecule has 0 amide bonds. The first kappa shape index (κ1) is 14.5. The fourth-order valence-electron chi connectivity index (χ4n) is 2.45. The minimum atomic E-state index is -0.381. The third-order valence-corrected chi connectivity index (χ3v) is 3.54. The fourth-order valence-corrected chi connectivity index (χ4v) is 2.45. The Labute approximate surface area is 124 Å². The zero-order chi connectivity index (χ0) is 14.7. The van der Waals surface area contributed by atoms with Gasteiger partial charge in [-0.1, -0.05) is 18.2 Å². The molecule has 0 spiro atoms. The summed E-state index contributed by atoms with van der Waals surface area (Å²) in [5.41, 5.74) is 0.967. The minimum Gasteiger partial charge on any atom is -0.497 e. The molecule has 5 heteroatoms. The van der Waals surface area contributed by atoms with Gasteiger partial charge in [0, 0.05) is 12.2 Å². The number of fused-ring (bicyclic) bond motifs is 1. The molecule has 3 rings (SSSR count). The monoisotopic (exact) mass is 292 g/mol. The van der Waals surface area contributed by atoms with Gasteiger partial charge >= 0.3 is 0 Å². The van der Waals surface area contributed by atoms with Crippen LogP contribution in [-0.2, 0) is 18.9 Å². The van der Waals surface area contributed by atoms with Crippen LogP contribution in [-0.4, -0.2) is 38.8 Å². The van der Waals surface area contributed by atoms with Crippen molar-refractivity contribution in [1.29, 1.82) is 0 Å². The Morgan fingerprint density at radius 2 is 1.95 bits per heavy atom. The predicted molar refractivity (Wildman–Crippen MR) is 76.0 cm³/mol. The lowest BCUT2D eigenvalue weighted by molar-refractivity contribution is -0.283. The zero-order valence-electron chi connectivity index (χ0n) is 12.2. The molecule has 114 valence electrons. The molecule has 0 radical (unpaired) electrons.